The van der Waals surface area contributed by atoms with Crippen LogP contribution in [0, 0.1) is 0 Å². The summed E-state index contributed by atoms with van der Waals surface area (Å²) < 4.78 is 27.8. The van der Waals surface area contributed by atoms with Crippen LogP contribution in [-0.4, -0.2) is 56.3 Å². The molecule has 0 bridgehead atoms. The van der Waals surface area contributed by atoms with Crippen molar-refractivity contribution in [3.63, 3.8) is 0 Å². The number of piperazine rings is 1. The minimum Gasteiger partial charge on any atom is -0.339 e. The molecule has 8 heteroatoms. The summed E-state index contributed by atoms with van der Waals surface area (Å²) in [6.07, 6.45) is 0. The van der Waals surface area contributed by atoms with E-state index >= 15 is 0 Å². The molecule has 0 aliphatic carbocycles. The molecule has 1 unspecified atom stereocenters. The molecule has 3 aromatic rings. The van der Waals surface area contributed by atoms with Gasteiger partial charge in [0.15, 0.2) is 0 Å². The Morgan fingerprint density at radius 3 is 1.82 bits per heavy atom. The molecule has 34 heavy (non-hydrogen) atoms. The van der Waals surface area contributed by atoms with Crippen molar-refractivity contribution in [2.45, 2.75) is 23.9 Å². The van der Waals surface area contributed by atoms with Gasteiger partial charge in [-0.1, -0.05) is 72.3 Å². The summed E-state index contributed by atoms with van der Waals surface area (Å²) in [5, 5.41) is 0.449. The van der Waals surface area contributed by atoms with E-state index in [4.69, 9.17) is 11.6 Å². The second-order valence-electron chi connectivity index (χ2n) is 8.38. The van der Waals surface area contributed by atoms with Gasteiger partial charge in [-0.25, -0.2) is 8.42 Å². The van der Waals surface area contributed by atoms with E-state index in [0.29, 0.717) is 31.2 Å². The Morgan fingerprint density at radius 2 is 1.32 bits per heavy atom. The van der Waals surface area contributed by atoms with Gasteiger partial charge in [-0.3, -0.25) is 9.69 Å². The van der Waals surface area contributed by atoms with Gasteiger partial charge in [0.25, 0.3) is 0 Å². The summed E-state index contributed by atoms with van der Waals surface area (Å²) in [7, 11) is -3.82. The van der Waals surface area contributed by atoms with E-state index in [1.165, 1.54) is 35.4 Å². The van der Waals surface area contributed by atoms with Gasteiger partial charge in [0.1, 0.15) is 0 Å². The van der Waals surface area contributed by atoms with Gasteiger partial charge in [-0.15, -0.1) is 0 Å². The molecule has 1 atom stereocenters. The number of halogens is 1. The van der Waals surface area contributed by atoms with Crippen LogP contribution >= 0.6 is 11.6 Å². The second-order valence-corrected chi connectivity index (χ2v) is 10.5. The summed E-state index contributed by atoms with van der Waals surface area (Å²) >= 11 is 5.85. The molecule has 4 rings (SSSR count). The normalized spacial score (nSPS) is 15.9. The molecule has 1 heterocycles. The first-order valence-corrected chi connectivity index (χ1v) is 13.1. The van der Waals surface area contributed by atoms with Crippen LogP contribution in [0.4, 0.5) is 0 Å². The first-order chi connectivity index (χ1) is 16.3. The lowest BCUT2D eigenvalue weighted by molar-refractivity contribution is -0.134. The summed E-state index contributed by atoms with van der Waals surface area (Å²) in [4.78, 5) is 17.2. The summed E-state index contributed by atoms with van der Waals surface area (Å²) in [5.41, 5.74) is 2.41. The third kappa shape index (κ3) is 5.67. The Kier molecular flexibility index (Phi) is 7.68. The standard InChI is InChI=1S/C26H28ClN3O3S/c1-20(28-34(32,33)24-14-12-23(27)13-15-24)26(31)30-18-16-29(17-19-30)25(21-8-4-2-5-9-21)22-10-6-3-7-11-22/h2-15,20,25,28H,16-19H2,1H3. The van der Waals surface area contributed by atoms with Crippen molar-refractivity contribution in [1.82, 2.24) is 14.5 Å². The van der Waals surface area contributed by atoms with Gasteiger partial charge in [0, 0.05) is 31.2 Å². The monoisotopic (exact) mass is 497 g/mol. The van der Waals surface area contributed by atoms with Crippen LogP contribution in [-0.2, 0) is 14.8 Å². The molecule has 1 aliphatic heterocycles. The van der Waals surface area contributed by atoms with E-state index < -0.39 is 16.1 Å². The molecule has 1 fully saturated rings. The number of nitrogens with one attached hydrogen (secondary N) is 1. The van der Waals surface area contributed by atoms with E-state index in [2.05, 4.69) is 33.9 Å². The van der Waals surface area contributed by atoms with Crippen molar-refractivity contribution in [3.8, 4) is 0 Å². The van der Waals surface area contributed by atoms with E-state index in [-0.39, 0.29) is 16.8 Å². The minimum absolute atomic E-state index is 0.0786. The van der Waals surface area contributed by atoms with Gasteiger partial charge in [-0.2, -0.15) is 4.72 Å². The van der Waals surface area contributed by atoms with Gasteiger partial charge in [-0.05, 0) is 42.3 Å². The van der Waals surface area contributed by atoms with Gasteiger partial charge < -0.3 is 4.90 Å². The van der Waals surface area contributed by atoms with Crippen LogP contribution in [0.2, 0.25) is 5.02 Å². The topological polar surface area (TPSA) is 69.7 Å². The van der Waals surface area contributed by atoms with E-state index in [9.17, 15) is 13.2 Å². The molecule has 1 aliphatic rings. The molecule has 1 saturated heterocycles. The maximum absolute atomic E-state index is 13.0. The number of carbonyl (C=O) groups is 1. The lowest BCUT2D eigenvalue weighted by Crippen LogP contribution is -2.54. The first kappa shape index (κ1) is 24.4. The molecule has 1 N–H and O–H groups in total. The average Bonchev–Trinajstić information content (AvgIpc) is 2.85. The van der Waals surface area contributed by atoms with E-state index in [1.807, 2.05) is 36.4 Å². The Hall–Kier alpha value is -2.71. The molecule has 178 valence electrons. The number of amides is 1. The average molecular weight is 498 g/mol. The van der Waals surface area contributed by atoms with Crippen molar-refractivity contribution < 1.29 is 13.2 Å². The molecular formula is C26H28ClN3O3S. The zero-order valence-electron chi connectivity index (χ0n) is 19.0. The fourth-order valence-electron chi connectivity index (χ4n) is 4.32. The third-order valence-electron chi connectivity index (χ3n) is 6.05. The van der Waals surface area contributed by atoms with Gasteiger partial charge in [0.2, 0.25) is 15.9 Å². The Bertz CT molecular complexity index is 1160. The summed E-state index contributed by atoms with van der Waals surface area (Å²) in [5.74, 6) is -0.229. The van der Waals surface area contributed by atoms with Crippen LogP contribution in [0.3, 0.4) is 0 Å². The number of carbonyl (C=O) groups excluding carboxylic acids is 1. The number of rotatable bonds is 7. The van der Waals surface area contributed by atoms with Gasteiger partial charge in [0.05, 0.1) is 17.0 Å². The van der Waals surface area contributed by atoms with E-state index in [1.54, 1.807) is 11.8 Å². The zero-order valence-corrected chi connectivity index (χ0v) is 20.5. The molecular weight excluding hydrogens is 470 g/mol. The van der Waals surface area contributed by atoms with Crippen molar-refractivity contribution in [2.75, 3.05) is 26.2 Å². The van der Waals surface area contributed by atoms with E-state index in [0.717, 1.165) is 0 Å². The molecule has 3 aromatic carbocycles. The Balaban J connectivity index is 1.42. The maximum atomic E-state index is 13.0. The highest BCUT2D eigenvalue weighted by Gasteiger charge is 2.31. The molecule has 6 nitrogen and oxygen atoms in total. The second kappa shape index (κ2) is 10.7. The quantitative estimate of drug-likeness (QED) is 0.536. The minimum atomic E-state index is -3.82. The lowest BCUT2D eigenvalue weighted by atomic mass is 9.96. The SMILES string of the molecule is CC(NS(=O)(=O)c1ccc(Cl)cc1)C(=O)N1CCN(C(c2ccccc2)c2ccccc2)CC1. The zero-order chi connectivity index (χ0) is 24.1. The fraction of sp³-hybridized carbons (Fsp3) is 0.269. The number of benzene rings is 3. The van der Waals surface area contributed by atoms with Crippen LogP contribution < -0.4 is 4.72 Å². The Morgan fingerprint density at radius 1 is 0.824 bits per heavy atom. The van der Waals surface area contributed by atoms with Crippen molar-refractivity contribution in [1.29, 1.82) is 0 Å². The largest absolute Gasteiger partial charge is 0.339 e. The molecule has 0 saturated carbocycles. The molecule has 0 spiro atoms. The number of nitrogens with zero attached hydrogens (tertiary/aromatic N) is 2. The number of sulfonamides is 1. The van der Waals surface area contributed by atoms with Crippen LogP contribution in [0.25, 0.3) is 0 Å². The van der Waals surface area contributed by atoms with Crippen LogP contribution in [0.1, 0.15) is 24.1 Å². The molecule has 0 aromatic heterocycles. The number of hydrogen-bond acceptors (Lipinski definition) is 4. The molecule has 1 amide bonds. The van der Waals surface area contributed by atoms with Gasteiger partial charge >= 0.3 is 0 Å². The summed E-state index contributed by atoms with van der Waals surface area (Å²) in [6.45, 7) is 4.02. The van der Waals surface area contributed by atoms with Crippen LogP contribution in [0.5, 0.6) is 0 Å². The Labute approximate surface area is 206 Å². The number of hydrogen-bond donors (Lipinski definition) is 1. The highest BCUT2D eigenvalue weighted by molar-refractivity contribution is 7.89. The fourth-order valence-corrected chi connectivity index (χ4v) is 5.65. The highest BCUT2D eigenvalue weighted by atomic mass is 35.5. The van der Waals surface area contributed by atoms with Crippen molar-refractivity contribution >= 4 is 27.5 Å². The predicted molar refractivity (Wildman–Crippen MR) is 134 cm³/mol. The van der Waals surface area contributed by atoms with Crippen LogP contribution in [0.15, 0.2) is 89.8 Å². The highest BCUT2D eigenvalue weighted by Crippen LogP contribution is 2.29. The smallest absolute Gasteiger partial charge is 0.241 e. The third-order valence-corrected chi connectivity index (χ3v) is 7.86. The van der Waals surface area contributed by atoms with Crippen molar-refractivity contribution in [3.05, 3.63) is 101 Å². The maximum Gasteiger partial charge on any atom is 0.241 e. The molecule has 0 radical (unpaired) electrons. The predicted octanol–water partition coefficient (Wildman–Crippen LogP) is 3.94. The first-order valence-electron chi connectivity index (χ1n) is 11.3. The lowest BCUT2D eigenvalue weighted by Gasteiger charge is -2.40. The summed E-state index contributed by atoms with van der Waals surface area (Å²) in [6, 6.07) is 25.8. The van der Waals surface area contributed by atoms with Crippen molar-refractivity contribution in [2.24, 2.45) is 0 Å².